The van der Waals surface area contributed by atoms with E-state index in [1.807, 2.05) is 4.90 Å². The van der Waals surface area contributed by atoms with Crippen LogP contribution in [0.1, 0.15) is 17.4 Å². The van der Waals surface area contributed by atoms with Crippen LogP contribution in [0.2, 0.25) is 0 Å². The summed E-state index contributed by atoms with van der Waals surface area (Å²) in [6.07, 6.45) is 2.63. The van der Waals surface area contributed by atoms with Crippen LogP contribution in [0, 0.1) is 0 Å². The van der Waals surface area contributed by atoms with Crippen molar-refractivity contribution >= 4 is 17.9 Å². The lowest BCUT2D eigenvalue weighted by atomic mass is 10.3. The molecule has 1 aromatic rings. The minimum absolute atomic E-state index is 0.173. The van der Waals surface area contributed by atoms with E-state index >= 15 is 0 Å². The molecule has 0 spiro atoms. The molecule has 8 nitrogen and oxygen atoms in total. The highest BCUT2D eigenvalue weighted by atomic mass is 16.6. The molecule has 2 rings (SSSR count). The number of hydrogen-bond donors (Lipinski definition) is 0. The Morgan fingerprint density at radius 1 is 1.19 bits per heavy atom. The van der Waals surface area contributed by atoms with Gasteiger partial charge in [-0.05, 0) is 6.92 Å². The Hall–Kier alpha value is -2.38. The van der Waals surface area contributed by atoms with Gasteiger partial charge in [0.25, 0.3) is 0 Å². The van der Waals surface area contributed by atoms with E-state index in [0.717, 1.165) is 0 Å². The molecule has 1 aliphatic rings. The van der Waals surface area contributed by atoms with Crippen LogP contribution in [0.4, 0.5) is 10.6 Å². The molecule has 0 radical (unpaired) electrons. The van der Waals surface area contributed by atoms with Gasteiger partial charge in [-0.25, -0.2) is 19.6 Å². The summed E-state index contributed by atoms with van der Waals surface area (Å²) in [7, 11) is 1.30. The maximum Gasteiger partial charge on any atom is 0.409 e. The second kappa shape index (κ2) is 6.87. The van der Waals surface area contributed by atoms with Gasteiger partial charge in [-0.2, -0.15) is 0 Å². The van der Waals surface area contributed by atoms with E-state index in [1.54, 1.807) is 11.8 Å². The minimum Gasteiger partial charge on any atom is -0.464 e. The zero-order valence-corrected chi connectivity index (χ0v) is 12.1. The highest BCUT2D eigenvalue weighted by Gasteiger charge is 2.23. The molecule has 0 N–H and O–H groups in total. The van der Waals surface area contributed by atoms with Crippen LogP contribution in [0.15, 0.2) is 12.4 Å². The van der Waals surface area contributed by atoms with Gasteiger partial charge in [-0.1, -0.05) is 0 Å². The van der Waals surface area contributed by atoms with Gasteiger partial charge in [-0.3, -0.25) is 0 Å². The van der Waals surface area contributed by atoms with Crippen LogP contribution in [0.3, 0.4) is 0 Å². The lowest BCUT2D eigenvalue weighted by Crippen LogP contribution is -2.49. The summed E-state index contributed by atoms with van der Waals surface area (Å²) in [6.45, 7) is 4.58. The third kappa shape index (κ3) is 3.59. The number of ether oxygens (including phenoxy) is 2. The molecule has 1 amide bonds. The van der Waals surface area contributed by atoms with Crippen molar-refractivity contribution in [2.75, 3.05) is 44.8 Å². The van der Waals surface area contributed by atoms with E-state index in [0.29, 0.717) is 38.6 Å². The van der Waals surface area contributed by atoms with E-state index in [9.17, 15) is 9.59 Å². The van der Waals surface area contributed by atoms with Crippen LogP contribution in [-0.4, -0.2) is 66.8 Å². The molecule has 0 aliphatic carbocycles. The normalized spacial score (nSPS) is 14.8. The molecule has 1 aliphatic heterocycles. The fraction of sp³-hybridized carbons (Fsp3) is 0.538. The van der Waals surface area contributed by atoms with Crippen LogP contribution < -0.4 is 4.90 Å². The third-order valence-electron chi connectivity index (χ3n) is 3.16. The van der Waals surface area contributed by atoms with E-state index in [1.165, 1.54) is 19.5 Å². The molecule has 114 valence electrons. The van der Waals surface area contributed by atoms with Gasteiger partial charge in [0, 0.05) is 26.2 Å². The summed E-state index contributed by atoms with van der Waals surface area (Å²) in [5.41, 5.74) is 0.173. The molecule has 1 aromatic heterocycles. The Labute approximate surface area is 122 Å². The van der Waals surface area contributed by atoms with Crippen LogP contribution >= 0.6 is 0 Å². The van der Waals surface area contributed by atoms with Gasteiger partial charge in [0.15, 0.2) is 5.69 Å². The minimum atomic E-state index is -0.513. The molecular weight excluding hydrogens is 276 g/mol. The van der Waals surface area contributed by atoms with Gasteiger partial charge < -0.3 is 19.3 Å². The first-order valence-electron chi connectivity index (χ1n) is 6.72. The number of anilines is 1. The fourth-order valence-corrected chi connectivity index (χ4v) is 2.03. The number of hydrogen-bond acceptors (Lipinski definition) is 7. The number of methoxy groups -OCH3 is 1. The molecule has 1 fully saturated rings. The van der Waals surface area contributed by atoms with Crippen LogP contribution in [0.5, 0.6) is 0 Å². The summed E-state index contributed by atoms with van der Waals surface area (Å²) in [4.78, 5) is 34.8. The quantitative estimate of drug-likeness (QED) is 0.752. The average Bonchev–Trinajstić information content (AvgIpc) is 2.54. The SMILES string of the molecule is CCOC(=O)N1CCN(c2cnc(C(=O)OC)cn2)CC1. The van der Waals surface area contributed by atoms with Crippen molar-refractivity contribution in [3.63, 3.8) is 0 Å². The second-order valence-electron chi connectivity index (χ2n) is 4.42. The summed E-state index contributed by atoms with van der Waals surface area (Å²) in [6, 6.07) is 0. The van der Waals surface area contributed by atoms with Gasteiger partial charge >= 0.3 is 12.1 Å². The number of aromatic nitrogens is 2. The fourth-order valence-electron chi connectivity index (χ4n) is 2.03. The highest BCUT2D eigenvalue weighted by Crippen LogP contribution is 2.13. The summed E-state index contributed by atoms with van der Waals surface area (Å²) in [5, 5.41) is 0. The molecule has 0 unspecified atom stereocenters. The number of rotatable bonds is 3. The number of carbonyl (C=O) groups is 2. The van der Waals surface area contributed by atoms with E-state index in [2.05, 4.69) is 14.7 Å². The number of nitrogens with zero attached hydrogens (tertiary/aromatic N) is 4. The van der Waals surface area contributed by atoms with Crippen molar-refractivity contribution in [2.24, 2.45) is 0 Å². The second-order valence-corrected chi connectivity index (χ2v) is 4.42. The highest BCUT2D eigenvalue weighted by molar-refractivity contribution is 5.86. The number of carbonyl (C=O) groups excluding carboxylic acids is 2. The third-order valence-corrected chi connectivity index (χ3v) is 3.16. The average molecular weight is 294 g/mol. The summed E-state index contributed by atoms with van der Waals surface area (Å²) in [5.74, 6) is 0.160. The van der Waals surface area contributed by atoms with Crippen molar-refractivity contribution in [2.45, 2.75) is 6.92 Å². The summed E-state index contributed by atoms with van der Waals surface area (Å²) < 4.78 is 9.54. The lowest BCUT2D eigenvalue weighted by molar-refractivity contribution is 0.0593. The molecule has 21 heavy (non-hydrogen) atoms. The molecule has 8 heteroatoms. The van der Waals surface area contributed by atoms with Gasteiger partial charge in [0.05, 0.1) is 26.1 Å². The maximum absolute atomic E-state index is 11.6. The molecule has 0 bridgehead atoms. The Kier molecular flexibility index (Phi) is 4.91. The monoisotopic (exact) mass is 294 g/mol. The van der Waals surface area contributed by atoms with Gasteiger partial charge in [0.1, 0.15) is 5.82 Å². The number of amides is 1. The first-order chi connectivity index (χ1) is 10.2. The smallest absolute Gasteiger partial charge is 0.409 e. The van der Waals surface area contributed by atoms with Crippen molar-refractivity contribution in [3.8, 4) is 0 Å². The van der Waals surface area contributed by atoms with Crippen molar-refractivity contribution in [1.29, 1.82) is 0 Å². The molecule has 2 heterocycles. The first-order valence-corrected chi connectivity index (χ1v) is 6.72. The zero-order valence-electron chi connectivity index (χ0n) is 12.1. The Morgan fingerprint density at radius 3 is 2.43 bits per heavy atom. The van der Waals surface area contributed by atoms with Crippen LogP contribution in [-0.2, 0) is 9.47 Å². The first kappa shape index (κ1) is 15.0. The maximum atomic E-state index is 11.6. The van der Waals surface area contributed by atoms with Gasteiger partial charge in [0.2, 0.25) is 0 Å². The largest absolute Gasteiger partial charge is 0.464 e. The predicted octanol–water partition coefficient (Wildman–Crippen LogP) is 0.542. The number of esters is 1. The van der Waals surface area contributed by atoms with E-state index < -0.39 is 5.97 Å². The van der Waals surface area contributed by atoms with Crippen molar-refractivity contribution in [3.05, 3.63) is 18.1 Å². The zero-order chi connectivity index (χ0) is 15.2. The topological polar surface area (TPSA) is 84.9 Å². The van der Waals surface area contributed by atoms with E-state index in [4.69, 9.17) is 4.74 Å². The molecular formula is C13H18N4O4. The van der Waals surface area contributed by atoms with E-state index in [-0.39, 0.29) is 11.8 Å². The van der Waals surface area contributed by atoms with Crippen LogP contribution in [0.25, 0.3) is 0 Å². The predicted molar refractivity (Wildman–Crippen MR) is 74.2 cm³/mol. The molecule has 0 aromatic carbocycles. The Bertz CT molecular complexity index is 497. The standard InChI is InChI=1S/C13H18N4O4/c1-3-21-13(19)17-6-4-16(5-7-17)11-9-14-10(8-15-11)12(18)20-2/h8-9H,3-7H2,1-2H3. The molecule has 0 saturated carbocycles. The Balaban J connectivity index is 1.93. The Morgan fingerprint density at radius 2 is 1.90 bits per heavy atom. The molecule has 0 atom stereocenters. The van der Waals surface area contributed by atoms with Crippen molar-refractivity contribution < 1.29 is 19.1 Å². The lowest BCUT2D eigenvalue weighted by Gasteiger charge is -2.34. The number of piperazine rings is 1. The summed E-state index contributed by atoms with van der Waals surface area (Å²) >= 11 is 0. The van der Waals surface area contributed by atoms with Crippen molar-refractivity contribution in [1.82, 2.24) is 14.9 Å². The van der Waals surface area contributed by atoms with Gasteiger partial charge in [-0.15, -0.1) is 0 Å². The molecule has 1 saturated heterocycles.